The molecule has 0 radical (unpaired) electrons. The molecule has 210 valence electrons. The van der Waals surface area contributed by atoms with Crippen LogP contribution in [0.3, 0.4) is 0 Å². The average molecular weight is 571 g/mol. The Morgan fingerprint density at radius 2 is 1.76 bits per heavy atom. The molecule has 0 N–H and O–H groups in total. The molecule has 1 aliphatic rings. The summed E-state index contributed by atoms with van der Waals surface area (Å²) in [6.07, 6.45) is 1.79. The molecule has 8 nitrogen and oxygen atoms in total. The van der Waals surface area contributed by atoms with Crippen molar-refractivity contribution in [2.24, 2.45) is 4.99 Å². The molecule has 1 aliphatic heterocycles. The predicted octanol–water partition coefficient (Wildman–Crippen LogP) is 4.50. The highest BCUT2D eigenvalue weighted by atomic mass is 32.1. The summed E-state index contributed by atoms with van der Waals surface area (Å²) < 4.78 is 24.1. The van der Waals surface area contributed by atoms with Gasteiger partial charge in [-0.15, -0.1) is 0 Å². The summed E-state index contributed by atoms with van der Waals surface area (Å²) >= 11 is 1.26. The molecule has 3 aromatic carbocycles. The van der Waals surface area contributed by atoms with Crippen LogP contribution in [-0.4, -0.2) is 31.4 Å². The zero-order chi connectivity index (χ0) is 28.9. The Kier molecular flexibility index (Phi) is 8.35. The van der Waals surface area contributed by atoms with Crippen molar-refractivity contribution in [3.63, 3.8) is 0 Å². The molecule has 0 saturated heterocycles. The van der Waals surface area contributed by atoms with Gasteiger partial charge in [-0.25, -0.2) is 9.79 Å². The van der Waals surface area contributed by atoms with Crippen LogP contribution in [0.5, 0.6) is 17.2 Å². The van der Waals surface area contributed by atoms with Crippen LogP contribution in [0, 0.1) is 0 Å². The van der Waals surface area contributed by atoms with E-state index in [0.29, 0.717) is 44.5 Å². The number of thiazole rings is 1. The van der Waals surface area contributed by atoms with Crippen LogP contribution in [0.1, 0.15) is 36.6 Å². The summed E-state index contributed by atoms with van der Waals surface area (Å²) in [7, 11) is 3.17. The van der Waals surface area contributed by atoms with E-state index in [1.54, 1.807) is 34.1 Å². The van der Waals surface area contributed by atoms with E-state index in [0.717, 1.165) is 16.7 Å². The molecule has 41 heavy (non-hydrogen) atoms. The lowest BCUT2D eigenvalue weighted by Crippen LogP contribution is -2.35. The molecule has 1 atom stereocenters. The first kappa shape index (κ1) is 27.9. The number of nitrogens with zero attached hydrogens (tertiary/aromatic N) is 2. The van der Waals surface area contributed by atoms with Crippen molar-refractivity contribution < 1.29 is 23.7 Å². The Bertz CT molecular complexity index is 1770. The highest BCUT2D eigenvalue weighted by molar-refractivity contribution is 7.07. The third-order valence-corrected chi connectivity index (χ3v) is 7.68. The van der Waals surface area contributed by atoms with E-state index in [1.165, 1.54) is 15.9 Å². The first-order valence-electron chi connectivity index (χ1n) is 13.1. The molecule has 1 aromatic heterocycles. The minimum Gasteiger partial charge on any atom is -0.497 e. The molecule has 1 unspecified atom stereocenters. The summed E-state index contributed by atoms with van der Waals surface area (Å²) in [4.78, 5) is 32.0. The van der Waals surface area contributed by atoms with Crippen molar-refractivity contribution in [3.8, 4) is 17.2 Å². The van der Waals surface area contributed by atoms with Crippen molar-refractivity contribution in [3.05, 3.63) is 115 Å². The highest BCUT2D eigenvalue weighted by Gasteiger charge is 2.31. The van der Waals surface area contributed by atoms with E-state index < -0.39 is 12.0 Å². The van der Waals surface area contributed by atoms with Crippen LogP contribution in [0.25, 0.3) is 11.8 Å². The molecule has 0 fully saturated rings. The second-order valence-corrected chi connectivity index (χ2v) is 10.3. The van der Waals surface area contributed by atoms with Gasteiger partial charge in [0.15, 0.2) is 16.3 Å². The largest absolute Gasteiger partial charge is 0.497 e. The fourth-order valence-corrected chi connectivity index (χ4v) is 5.66. The maximum absolute atomic E-state index is 13.6. The summed E-state index contributed by atoms with van der Waals surface area (Å²) in [6, 6.07) is 22.1. The van der Waals surface area contributed by atoms with Gasteiger partial charge in [-0.3, -0.25) is 9.36 Å². The standard InChI is InChI=1S/C32H30N2O6S/c1-5-39-31(36)28-20(2)34-30(35)27(41-32(34)33-29(28)23-12-14-24(37-3)15-13-23)18-22-11-16-25(26(17-22)38-4)40-19-21-9-7-6-8-10-21/h6-18,29H,5,19H2,1-4H3. The minimum atomic E-state index is -0.619. The molecule has 2 heterocycles. The summed E-state index contributed by atoms with van der Waals surface area (Å²) in [5.41, 5.74) is 3.18. The van der Waals surface area contributed by atoms with E-state index >= 15 is 0 Å². The van der Waals surface area contributed by atoms with Gasteiger partial charge < -0.3 is 18.9 Å². The van der Waals surface area contributed by atoms with Gasteiger partial charge in [0.05, 0.1) is 30.9 Å². The molecule has 9 heteroatoms. The molecular formula is C32H30N2O6S. The number of rotatable bonds is 9. The molecule has 5 rings (SSSR count). The van der Waals surface area contributed by atoms with E-state index in [4.69, 9.17) is 23.9 Å². The van der Waals surface area contributed by atoms with Crippen molar-refractivity contribution in [1.29, 1.82) is 0 Å². The average Bonchev–Trinajstić information content (AvgIpc) is 3.31. The quantitative estimate of drug-likeness (QED) is 0.275. The topological polar surface area (TPSA) is 88.3 Å². The Labute approximate surface area is 241 Å². The van der Waals surface area contributed by atoms with Crippen molar-refractivity contribution >= 4 is 29.1 Å². The number of esters is 1. The van der Waals surface area contributed by atoms with Crippen LogP contribution >= 0.6 is 11.3 Å². The molecule has 0 aliphatic carbocycles. The molecular weight excluding hydrogens is 540 g/mol. The van der Waals surface area contributed by atoms with Crippen molar-refractivity contribution in [2.45, 2.75) is 26.5 Å². The van der Waals surface area contributed by atoms with Gasteiger partial charge in [-0.05, 0) is 60.9 Å². The van der Waals surface area contributed by atoms with Crippen LogP contribution in [0.2, 0.25) is 0 Å². The predicted molar refractivity (Wildman–Crippen MR) is 158 cm³/mol. The molecule has 4 aromatic rings. The maximum atomic E-state index is 13.6. The first-order valence-corrected chi connectivity index (χ1v) is 13.9. The number of ether oxygens (including phenoxy) is 4. The Balaban J connectivity index is 1.54. The van der Waals surface area contributed by atoms with Crippen molar-refractivity contribution in [2.75, 3.05) is 20.8 Å². The van der Waals surface area contributed by atoms with Crippen LogP contribution in [0.15, 0.2) is 88.2 Å². The zero-order valence-electron chi connectivity index (χ0n) is 23.2. The Morgan fingerprint density at radius 1 is 1.00 bits per heavy atom. The summed E-state index contributed by atoms with van der Waals surface area (Å²) in [5.74, 6) is 1.35. The lowest BCUT2D eigenvalue weighted by molar-refractivity contribution is -0.138. The van der Waals surface area contributed by atoms with Crippen molar-refractivity contribution in [1.82, 2.24) is 4.57 Å². The lowest BCUT2D eigenvalue weighted by atomic mass is 9.96. The number of benzene rings is 3. The van der Waals surface area contributed by atoms with E-state index in [9.17, 15) is 9.59 Å². The van der Waals surface area contributed by atoms with Gasteiger partial charge in [0.2, 0.25) is 0 Å². The van der Waals surface area contributed by atoms with Gasteiger partial charge in [-0.2, -0.15) is 0 Å². The number of hydrogen-bond donors (Lipinski definition) is 0. The van der Waals surface area contributed by atoms with Gasteiger partial charge in [-0.1, -0.05) is 59.9 Å². The second-order valence-electron chi connectivity index (χ2n) is 9.24. The summed E-state index contributed by atoms with van der Waals surface area (Å²) in [6.45, 7) is 4.12. The monoisotopic (exact) mass is 570 g/mol. The zero-order valence-corrected chi connectivity index (χ0v) is 24.1. The Hall–Kier alpha value is -4.63. The van der Waals surface area contributed by atoms with E-state index in [2.05, 4.69) is 0 Å². The molecule has 0 amide bonds. The minimum absolute atomic E-state index is 0.211. The molecule has 0 saturated carbocycles. The molecule has 0 bridgehead atoms. The fourth-order valence-electron chi connectivity index (χ4n) is 4.62. The third-order valence-electron chi connectivity index (χ3n) is 6.69. The SMILES string of the molecule is CCOC(=O)C1=C(C)n2c(sc(=Cc3ccc(OCc4ccccc4)c(OC)c3)c2=O)=NC1c1ccc(OC)cc1. The van der Waals surface area contributed by atoms with E-state index in [-0.39, 0.29) is 12.2 Å². The lowest BCUT2D eigenvalue weighted by Gasteiger charge is -2.22. The maximum Gasteiger partial charge on any atom is 0.338 e. The van der Waals surface area contributed by atoms with Gasteiger partial charge in [0.25, 0.3) is 5.56 Å². The second kappa shape index (κ2) is 12.3. The number of aromatic nitrogens is 1. The number of carbonyl (C=O) groups is 1. The molecule has 0 spiro atoms. The van der Waals surface area contributed by atoms with Gasteiger partial charge in [0, 0.05) is 5.70 Å². The Morgan fingerprint density at radius 3 is 2.44 bits per heavy atom. The normalized spacial score (nSPS) is 14.7. The third kappa shape index (κ3) is 5.81. The summed E-state index contributed by atoms with van der Waals surface area (Å²) in [5, 5.41) is 0. The number of hydrogen-bond acceptors (Lipinski definition) is 8. The van der Waals surface area contributed by atoms with Gasteiger partial charge in [0.1, 0.15) is 18.4 Å². The first-order chi connectivity index (χ1) is 19.9. The van der Waals surface area contributed by atoms with E-state index in [1.807, 2.05) is 72.8 Å². The highest BCUT2D eigenvalue weighted by Crippen LogP contribution is 2.33. The number of allylic oxidation sites excluding steroid dienone is 1. The smallest absolute Gasteiger partial charge is 0.338 e. The van der Waals surface area contributed by atoms with Crippen LogP contribution < -0.4 is 29.1 Å². The van der Waals surface area contributed by atoms with Crippen LogP contribution in [0.4, 0.5) is 0 Å². The van der Waals surface area contributed by atoms with Crippen LogP contribution in [-0.2, 0) is 16.1 Å². The number of methoxy groups -OCH3 is 2. The fraction of sp³-hybridized carbons (Fsp3) is 0.219. The van der Waals surface area contributed by atoms with Gasteiger partial charge >= 0.3 is 5.97 Å². The number of fused-ring (bicyclic) bond motifs is 1. The number of carbonyl (C=O) groups excluding carboxylic acids is 1.